The van der Waals surface area contributed by atoms with Crippen LogP contribution in [0.25, 0.3) is 5.57 Å². The van der Waals surface area contributed by atoms with Crippen molar-refractivity contribution in [2.24, 2.45) is 0 Å². The van der Waals surface area contributed by atoms with Crippen molar-refractivity contribution in [2.45, 2.75) is 51.7 Å². The van der Waals surface area contributed by atoms with Crippen LogP contribution < -0.4 is 10.2 Å². The minimum Gasteiger partial charge on any atom is -0.508 e. The molecule has 1 atom stereocenters. The van der Waals surface area contributed by atoms with E-state index in [-0.39, 0.29) is 11.9 Å². The summed E-state index contributed by atoms with van der Waals surface area (Å²) in [6.45, 7) is 14.1. The van der Waals surface area contributed by atoms with Crippen molar-refractivity contribution in [1.29, 1.82) is 0 Å². The summed E-state index contributed by atoms with van der Waals surface area (Å²) in [5.74, 6) is 1.08. The molecule has 1 unspecified atom stereocenters. The molecule has 2 fully saturated rings. The average Bonchev–Trinajstić information content (AvgIpc) is 3.06. The van der Waals surface area contributed by atoms with Gasteiger partial charge in [0.05, 0.1) is 11.4 Å². The number of piperazine rings is 1. The Morgan fingerprint density at radius 3 is 2.59 bits per heavy atom. The normalized spacial score (nSPS) is 22.2. The number of nitrogens with one attached hydrogen (secondary N) is 1. The molecule has 27 heavy (non-hydrogen) atoms. The van der Waals surface area contributed by atoms with Crippen LogP contribution in [0.5, 0.6) is 0 Å². The van der Waals surface area contributed by atoms with Crippen LogP contribution in [0, 0.1) is 0 Å². The van der Waals surface area contributed by atoms with Gasteiger partial charge in [-0.3, -0.25) is 9.69 Å². The second-order valence-corrected chi connectivity index (χ2v) is 7.01. The third kappa shape index (κ3) is 3.83. The van der Waals surface area contributed by atoms with E-state index in [2.05, 4.69) is 38.5 Å². The zero-order valence-corrected chi connectivity index (χ0v) is 16.2. The number of aliphatic hydroxyl groups is 1. The van der Waals surface area contributed by atoms with Crippen molar-refractivity contribution in [3.8, 4) is 0 Å². The monoisotopic (exact) mass is 371 g/mol. The molecule has 1 saturated carbocycles. The number of aliphatic hydroxyl groups excluding tert-OH is 1. The van der Waals surface area contributed by atoms with Gasteiger partial charge in [0.15, 0.2) is 5.82 Å². The summed E-state index contributed by atoms with van der Waals surface area (Å²) < 4.78 is 0. The van der Waals surface area contributed by atoms with E-state index in [9.17, 15) is 9.90 Å². The first-order valence-corrected chi connectivity index (χ1v) is 9.77. The Morgan fingerprint density at radius 2 is 1.93 bits per heavy atom. The van der Waals surface area contributed by atoms with E-state index < -0.39 is 0 Å². The van der Waals surface area contributed by atoms with E-state index in [1.165, 1.54) is 0 Å². The van der Waals surface area contributed by atoms with Gasteiger partial charge in [-0.1, -0.05) is 27.0 Å². The fourth-order valence-electron chi connectivity index (χ4n) is 3.99. The molecule has 1 aromatic rings. The van der Waals surface area contributed by atoms with E-state index >= 15 is 0 Å². The summed E-state index contributed by atoms with van der Waals surface area (Å²) in [4.78, 5) is 16.3. The van der Waals surface area contributed by atoms with Gasteiger partial charge in [-0.05, 0) is 18.9 Å². The molecule has 7 heteroatoms. The third-order valence-corrected chi connectivity index (χ3v) is 5.49. The van der Waals surface area contributed by atoms with Gasteiger partial charge in [-0.25, -0.2) is 0 Å². The molecule has 0 radical (unpaired) electrons. The number of Topliss-reactive ketones (excluding diaryl/α,β-unsaturated/α-hetero) is 1. The number of hydrogen-bond acceptors (Lipinski definition) is 7. The number of aromatic nitrogens is 2. The Hall–Kier alpha value is -2.41. The van der Waals surface area contributed by atoms with Crippen LogP contribution in [0.1, 0.15) is 45.2 Å². The fourth-order valence-corrected chi connectivity index (χ4v) is 3.99. The molecule has 1 aromatic heterocycles. The van der Waals surface area contributed by atoms with Crippen LogP contribution in [0.2, 0.25) is 0 Å². The van der Waals surface area contributed by atoms with Crippen LogP contribution >= 0.6 is 0 Å². The molecule has 0 amide bonds. The van der Waals surface area contributed by atoms with Crippen LogP contribution in [-0.2, 0) is 4.79 Å². The quantitative estimate of drug-likeness (QED) is 0.624. The van der Waals surface area contributed by atoms with Gasteiger partial charge in [0, 0.05) is 44.1 Å². The number of allylic oxidation sites excluding steroid dienone is 1. The Labute approximate surface area is 160 Å². The molecule has 1 saturated heterocycles. The minimum absolute atomic E-state index is 0.0894. The van der Waals surface area contributed by atoms with Crippen molar-refractivity contribution in [2.75, 3.05) is 29.9 Å². The lowest BCUT2D eigenvalue weighted by Gasteiger charge is -2.43. The number of rotatable bonds is 3. The van der Waals surface area contributed by atoms with Crippen LogP contribution in [-0.4, -0.2) is 57.8 Å². The van der Waals surface area contributed by atoms with E-state index in [1.807, 2.05) is 19.9 Å². The molecule has 0 spiro atoms. The number of carbonyl (C=O) groups is 1. The first-order chi connectivity index (χ1) is 13.0. The van der Waals surface area contributed by atoms with E-state index in [4.69, 9.17) is 0 Å². The van der Waals surface area contributed by atoms with E-state index in [0.717, 1.165) is 44.0 Å². The van der Waals surface area contributed by atoms with Gasteiger partial charge in [0.1, 0.15) is 17.7 Å². The molecule has 7 nitrogen and oxygen atoms in total. The van der Waals surface area contributed by atoms with Gasteiger partial charge in [0.2, 0.25) is 0 Å². The maximum Gasteiger partial charge on any atom is 0.174 e. The van der Waals surface area contributed by atoms with Crippen LogP contribution in [0.3, 0.4) is 0 Å². The third-order valence-electron chi connectivity index (χ3n) is 5.49. The predicted molar refractivity (Wildman–Crippen MR) is 108 cm³/mol. The molecule has 3 aliphatic rings. The summed E-state index contributed by atoms with van der Waals surface area (Å²) >= 11 is 0. The number of ketones is 1. The molecule has 1 aliphatic carbocycles. The van der Waals surface area contributed by atoms with Crippen LogP contribution in [0.4, 0.5) is 11.5 Å². The highest BCUT2D eigenvalue weighted by atomic mass is 16.3. The molecule has 146 valence electrons. The smallest absolute Gasteiger partial charge is 0.174 e. The maximum atomic E-state index is 11.5. The van der Waals surface area contributed by atoms with Crippen molar-refractivity contribution in [3.63, 3.8) is 0 Å². The number of fused-ring (bicyclic) bond motifs is 3. The predicted octanol–water partition coefficient (Wildman–Crippen LogP) is 2.97. The number of anilines is 2. The van der Waals surface area contributed by atoms with Gasteiger partial charge < -0.3 is 15.3 Å². The van der Waals surface area contributed by atoms with Crippen molar-refractivity contribution in [1.82, 2.24) is 15.1 Å². The largest absolute Gasteiger partial charge is 0.508 e. The molecule has 2 N–H and O–H groups in total. The lowest BCUT2D eigenvalue weighted by atomic mass is 9.92. The Morgan fingerprint density at radius 1 is 1.22 bits per heavy atom. The summed E-state index contributed by atoms with van der Waals surface area (Å²) in [5.41, 5.74) is 1.93. The Balaban J connectivity index is 0.00000102. The SMILES string of the molecule is C=C(O)C(=C)c1cc2c(nn1)NC1CN(C3CCC(=O)CC3)CCN21.CC. The number of nitrogens with zero attached hydrogens (tertiary/aromatic N) is 4. The molecular formula is C20H29N5O2. The lowest BCUT2D eigenvalue weighted by Crippen LogP contribution is -2.57. The zero-order chi connectivity index (χ0) is 19.6. The molecule has 0 bridgehead atoms. The second-order valence-electron chi connectivity index (χ2n) is 7.01. The average molecular weight is 371 g/mol. The van der Waals surface area contributed by atoms with Crippen molar-refractivity contribution in [3.05, 3.63) is 30.7 Å². The van der Waals surface area contributed by atoms with E-state index in [1.54, 1.807) is 0 Å². The summed E-state index contributed by atoms with van der Waals surface area (Å²) in [6, 6.07) is 2.41. The topological polar surface area (TPSA) is 81.6 Å². The standard InChI is InChI=1S/C18H23N5O2.C2H6/c1-11(12(2)24)15-9-16-18(21-20-15)19-17-10-22(7-8-23(16)17)13-3-5-14(25)6-4-13;1-2/h9,13,17,24H,1-8,10H2,(H,19,21);1-2H3. The molecule has 2 aliphatic heterocycles. The summed E-state index contributed by atoms with van der Waals surface area (Å²) in [6.07, 6.45) is 3.54. The summed E-state index contributed by atoms with van der Waals surface area (Å²) in [5, 5.41) is 21.4. The Kier molecular flexibility index (Phi) is 5.79. The molecule has 4 rings (SSSR count). The lowest BCUT2D eigenvalue weighted by molar-refractivity contribution is -0.121. The highest BCUT2D eigenvalue weighted by Crippen LogP contribution is 2.36. The zero-order valence-electron chi connectivity index (χ0n) is 16.2. The molecule has 0 aromatic carbocycles. The highest BCUT2D eigenvalue weighted by Gasteiger charge is 2.38. The maximum absolute atomic E-state index is 11.5. The first kappa shape index (κ1) is 19.4. The van der Waals surface area contributed by atoms with Gasteiger partial charge in [-0.15, -0.1) is 10.2 Å². The van der Waals surface area contributed by atoms with E-state index in [0.29, 0.717) is 35.9 Å². The first-order valence-electron chi connectivity index (χ1n) is 9.77. The summed E-state index contributed by atoms with van der Waals surface area (Å²) in [7, 11) is 0. The minimum atomic E-state index is -0.0894. The van der Waals surface area contributed by atoms with Gasteiger partial charge in [-0.2, -0.15) is 0 Å². The molecule has 3 heterocycles. The Bertz CT molecular complexity index is 738. The number of hydrogen-bond donors (Lipinski definition) is 2. The van der Waals surface area contributed by atoms with Crippen LogP contribution in [0.15, 0.2) is 25.0 Å². The fraction of sp³-hybridized carbons (Fsp3) is 0.550. The second kappa shape index (κ2) is 8.08. The van der Waals surface area contributed by atoms with Gasteiger partial charge in [0.25, 0.3) is 0 Å². The van der Waals surface area contributed by atoms with Crippen molar-refractivity contribution < 1.29 is 9.90 Å². The number of carbonyl (C=O) groups excluding carboxylic acids is 1. The highest BCUT2D eigenvalue weighted by molar-refractivity contribution is 5.80. The van der Waals surface area contributed by atoms with Gasteiger partial charge >= 0.3 is 0 Å². The molecular weight excluding hydrogens is 342 g/mol. The van der Waals surface area contributed by atoms with Crippen molar-refractivity contribution >= 4 is 22.9 Å².